The molecule has 0 unspecified atom stereocenters. The summed E-state index contributed by atoms with van der Waals surface area (Å²) < 4.78 is 0. The molecule has 0 heterocycles. The quantitative estimate of drug-likeness (QED) is 0.202. The van der Waals surface area contributed by atoms with E-state index in [1.807, 2.05) is 14.1 Å². The molecular weight excluding hydrogens is 156 g/mol. The molecule has 0 aliphatic heterocycles. The predicted molar refractivity (Wildman–Crippen MR) is 49.9 cm³/mol. The number of rotatable bonds is 4. The van der Waals surface area contributed by atoms with Gasteiger partial charge in [0.25, 0.3) is 0 Å². The maximum Gasteiger partial charge on any atom is 0.145 e. The highest BCUT2D eigenvalue weighted by Crippen LogP contribution is 1.84. The van der Waals surface area contributed by atoms with E-state index in [9.17, 15) is 0 Å². The molecule has 0 fully saturated rings. The van der Waals surface area contributed by atoms with E-state index in [0.717, 1.165) is 6.42 Å². The van der Waals surface area contributed by atoms with Crippen LogP contribution in [0.25, 0.3) is 0 Å². The van der Waals surface area contributed by atoms with Gasteiger partial charge in [-0.25, -0.2) is 0 Å². The fourth-order valence-corrected chi connectivity index (χ4v) is 0.634. The number of hydrogen-bond donors (Lipinski definition) is 2. The van der Waals surface area contributed by atoms with Gasteiger partial charge in [-0.15, -0.1) is 0 Å². The van der Waals surface area contributed by atoms with Gasteiger partial charge < -0.3 is 15.8 Å². The SMILES string of the molecule is CN(C)C(/C=N/O)=NCCCN. The average Bonchev–Trinajstić information content (AvgIpc) is 2.03. The maximum atomic E-state index is 8.28. The summed E-state index contributed by atoms with van der Waals surface area (Å²) in [6.07, 6.45) is 2.15. The molecule has 70 valence electrons. The van der Waals surface area contributed by atoms with E-state index in [4.69, 9.17) is 10.9 Å². The summed E-state index contributed by atoms with van der Waals surface area (Å²) in [6.45, 7) is 1.29. The Morgan fingerprint density at radius 2 is 2.25 bits per heavy atom. The third kappa shape index (κ3) is 4.68. The molecule has 0 saturated carbocycles. The molecule has 0 aromatic carbocycles. The van der Waals surface area contributed by atoms with Crippen molar-refractivity contribution >= 4 is 12.1 Å². The second-order valence-electron chi connectivity index (χ2n) is 2.52. The highest BCUT2D eigenvalue weighted by Gasteiger charge is 1.96. The van der Waals surface area contributed by atoms with Crippen molar-refractivity contribution in [3.63, 3.8) is 0 Å². The summed E-state index contributed by atoms with van der Waals surface area (Å²) >= 11 is 0. The number of hydrogen-bond acceptors (Lipinski definition) is 4. The summed E-state index contributed by atoms with van der Waals surface area (Å²) in [4.78, 5) is 5.93. The van der Waals surface area contributed by atoms with Crippen LogP contribution in [0.2, 0.25) is 0 Å². The molecule has 0 aliphatic carbocycles. The lowest BCUT2D eigenvalue weighted by atomic mass is 10.4. The van der Waals surface area contributed by atoms with Gasteiger partial charge in [0.1, 0.15) is 12.1 Å². The van der Waals surface area contributed by atoms with Gasteiger partial charge in [-0.2, -0.15) is 0 Å². The lowest BCUT2D eigenvalue weighted by Crippen LogP contribution is -2.23. The monoisotopic (exact) mass is 172 g/mol. The molecule has 0 aromatic heterocycles. The number of aliphatic imine (C=N–C) groups is 1. The Bertz CT molecular complexity index is 165. The summed E-state index contributed by atoms with van der Waals surface area (Å²) in [5.41, 5.74) is 5.30. The van der Waals surface area contributed by atoms with E-state index >= 15 is 0 Å². The zero-order chi connectivity index (χ0) is 9.40. The van der Waals surface area contributed by atoms with E-state index < -0.39 is 0 Å². The predicted octanol–water partition coefficient (Wildman–Crippen LogP) is -0.245. The average molecular weight is 172 g/mol. The minimum Gasteiger partial charge on any atom is -0.411 e. The Hall–Kier alpha value is -1.10. The molecule has 0 atom stereocenters. The van der Waals surface area contributed by atoms with Crippen molar-refractivity contribution in [3.05, 3.63) is 0 Å². The fraction of sp³-hybridized carbons (Fsp3) is 0.714. The number of oxime groups is 1. The van der Waals surface area contributed by atoms with Gasteiger partial charge in [-0.05, 0) is 13.0 Å². The third-order valence-electron chi connectivity index (χ3n) is 1.27. The molecule has 0 amide bonds. The molecule has 0 spiro atoms. The molecule has 0 bridgehead atoms. The number of nitrogens with zero attached hydrogens (tertiary/aromatic N) is 3. The third-order valence-corrected chi connectivity index (χ3v) is 1.27. The first-order valence-corrected chi connectivity index (χ1v) is 3.81. The van der Waals surface area contributed by atoms with Gasteiger partial charge >= 0.3 is 0 Å². The Morgan fingerprint density at radius 3 is 2.67 bits per heavy atom. The Labute approximate surface area is 72.6 Å². The highest BCUT2D eigenvalue weighted by molar-refractivity contribution is 6.28. The fourth-order valence-electron chi connectivity index (χ4n) is 0.634. The summed E-state index contributed by atoms with van der Waals surface area (Å²) in [5, 5.41) is 11.2. The van der Waals surface area contributed by atoms with Crippen molar-refractivity contribution in [2.45, 2.75) is 6.42 Å². The smallest absolute Gasteiger partial charge is 0.145 e. The summed E-state index contributed by atoms with van der Waals surface area (Å²) in [7, 11) is 3.67. The van der Waals surface area contributed by atoms with Crippen LogP contribution in [0, 0.1) is 0 Å². The number of nitrogens with two attached hydrogens (primary N) is 1. The minimum absolute atomic E-state index is 0.625. The lowest BCUT2D eigenvalue weighted by molar-refractivity contribution is 0.322. The first-order chi connectivity index (χ1) is 5.72. The first-order valence-electron chi connectivity index (χ1n) is 3.81. The Kier molecular flexibility index (Phi) is 6.00. The minimum atomic E-state index is 0.625. The van der Waals surface area contributed by atoms with Crippen LogP contribution in [0.4, 0.5) is 0 Å². The van der Waals surface area contributed by atoms with Gasteiger partial charge in [0.2, 0.25) is 0 Å². The number of amidine groups is 1. The van der Waals surface area contributed by atoms with Crippen LogP contribution in [0.5, 0.6) is 0 Å². The lowest BCUT2D eigenvalue weighted by Gasteiger charge is -2.10. The molecule has 0 aliphatic rings. The Morgan fingerprint density at radius 1 is 1.58 bits per heavy atom. The van der Waals surface area contributed by atoms with Crippen LogP contribution < -0.4 is 5.73 Å². The summed E-state index contributed by atoms with van der Waals surface area (Å²) in [5.74, 6) is 0.644. The van der Waals surface area contributed by atoms with Crippen molar-refractivity contribution < 1.29 is 5.21 Å². The highest BCUT2D eigenvalue weighted by atomic mass is 16.4. The normalized spacial score (nSPS) is 12.4. The van der Waals surface area contributed by atoms with Gasteiger partial charge in [-0.1, -0.05) is 5.16 Å². The first kappa shape index (κ1) is 10.9. The topological polar surface area (TPSA) is 74.2 Å². The van der Waals surface area contributed by atoms with Crippen molar-refractivity contribution in [3.8, 4) is 0 Å². The van der Waals surface area contributed by atoms with Crippen molar-refractivity contribution in [2.24, 2.45) is 15.9 Å². The van der Waals surface area contributed by atoms with Gasteiger partial charge in [0, 0.05) is 20.6 Å². The van der Waals surface area contributed by atoms with Crippen LogP contribution >= 0.6 is 0 Å². The van der Waals surface area contributed by atoms with E-state index in [1.54, 1.807) is 4.90 Å². The van der Waals surface area contributed by atoms with Crippen molar-refractivity contribution in [2.75, 3.05) is 27.2 Å². The van der Waals surface area contributed by atoms with E-state index in [0.29, 0.717) is 18.9 Å². The van der Waals surface area contributed by atoms with Crippen molar-refractivity contribution in [1.29, 1.82) is 0 Å². The van der Waals surface area contributed by atoms with E-state index in [1.165, 1.54) is 6.21 Å². The van der Waals surface area contributed by atoms with Crippen LogP contribution in [-0.2, 0) is 0 Å². The van der Waals surface area contributed by atoms with Crippen LogP contribution in [0.3, 0.4) is 0 Å². The molecule has 0 saturated heterocycles. The molecule has 12 heavy (non-hydrogen) atoms. The zero-order valence-corrected chi connectivity index (χ0v) is 7.56. The van der Waals surface area contributed by atoms with E-state index in [2.05, 4.69) is 10.1 Å². The Balaban J connectivity index is 4.00. The van der Waals surface area contributed by atoms with Crippen LogP contribution in [-0.4, -0.2) is 49.3 Å². The summed E-state index contributed by atoms with van der Waals surface area (Å²) in [6, 6.07) is 0. The largest absolute Gasteiger partial charge is 0.411 e. The zero-order valence-electron chi connectivity index (χ0n) is 7.56. The van der Waals surface area contributed by atoms with E-state index in [-0.39, 0.29) is 0 Å². The maximum absolute atomic E-state index is 8.28. The van der Waals surface area contributed by atoms with Gasteiger partial charge in [0.05, 0.1) is 0 Å². The second kappa shape index (κ2) is 6.60. The second-order valence-corrected chi connectivity index (χ2v) is 2.52. The van der Waals surface area contributed by atoms with Crippen molar-refractivity contribution in [1.82, 2.24) is 4.90 Å². The van der Waals surface area contributed by atoms with Crippen LogP contribution in [0.15, 0.2) is 10.1 Å². The molecule has 5 nitrogen and oxygen atoms in total. The molecule has 5 heteroatoms. The van der Waals surface area contributed by atoms with Crippen LogP contribution in [0.1, 0.15) is 6.42 Å². The van der Waals surface area contributed by atoms with Gasteiger partial charge in [0.15, 0.2) is 0 Å². The van der Waals surface area contributed by atoms with Gasteiger partial charge in [-0.3, -0.25) is 4.99 Å². The molecule has 0 rings (SSSR count). The molecule has 0 radical (unpaired) electrons. The molecule has 3 N–H and O–H groups in total. The molecule has 0 aromatic rings. The molecular formula is C7H16N4O. The standard InChI is InChI=1S/C7H16N4O/c1-11(2)7(6-10-12)9-5-3-4-8/h6,12H,3-5,8H2,1-2H3/b9-7?,10-6+.